The largest absolute Gasteiger partial charge is 0.462 e. The average Bonchev–Trinajstić information content (AvgIpc) is 2.67. The Morgan fingerprint density at radius 3 is 2.36 bits per heavy atom. The molecule has 2 heterocycles. The summed E-state index contributed by atoms with van der Waals surface area (Å²) in [6.07, 6.45) is 3.49. The molecular weight excluding hydrogens is 174 g/mol. The number of rotatable bonds is 0. The van der Waals surface area contributed by atoms with Gasteiger partial charge in [-0.05, 0) is 19.1 Å². The molecule has 0 radical (unpaired) electrons. The molecule has 78 valence electrons. The topological polar surface area (TPSA) is 26.0 Å². The molecule has 0 saturated carbocycles. The van der Waals surface area contributed by atoms with Crippen LogP contribution >= 0.6 is 0 Å². The maximum atomic E-state index is 5.19. The third-order valence-electron chi connectivity index (χ3n) is 1.51. The molecule has 14 heavy (non-hydrogen) atoms. The van der Waals surface area contributed by atoms with Gasteiger partial charge in [-0.2, -0.15) is 0 Å². The second kappa shape index (κ2) is 7.13. The molecule has 0 aromatic carbocycles. The molecule has 2 heteroatoms. The molecule has 2 nitrogen and oxygen atoms in total. The minimum Gasteiger partial charge on any atom is -0.462 e. The molecule has 0 aliphatic heterocycles. The first-order valence-electron chi connectivity index (χ1n) is 5.17. The fourth-order valence-corrected chi connectivity index (χ4v) is 0.989. The standard InChI is InChI=1S/C8H7NO.2C2H6/c1-6-5-10-7-3-2-4-9-8(6)7;2*1-2/h2-5H,1H3;2*1-2H3. The van der Waals surface area contributed by atoms with Gasteiger partial charge in [-0.3, -0.25) is 4.98 Å². The summed E-state index contributed by atoms with van der Waals surface area (Å²) in [7, 11) is 0. The number of hydrogen-bond acceptors (Lipinski definition) is 2. The van der Waals surface area contributed by atoms with Gasteiger partial charge in [-0.15, -0.1) is 0 Å². The lowest BCUT2D eigenvalue weighted by Gasteiger charge is -1.84. The summed E-state index contributed by atoms with van der Waals surface area (Å²) in [5, 5.41) is 0. The molecule has 0 unspecified atom stereocenters. The number of aryl methyl sites for hydroxylation is 1. The fourth-order valence-electron chi connectivity index (χ4n) is 0.989. The van der Waals surface area contributed by atoms with Gasteiger partial charge in [-0.1, -0.05) is 27.7 Å². The number of fused-ring (bicyclic) bond motifs is 1. The van der Waals surface area contributed by atoms with Gasteiger partial charge < -0.3 is 4.42 Å². The van der Waals surface area contributed by atoms with E-state index in [0.717, 1.165) is 16.7 Å². The van der Waals surface area contributed by atoms with Crippen molar-refractivity contribution < 1.29 is 4.42 Å². The summed E-state index contributed by atoms with van der Waals surface area (Å²) in [6.45, 7) is 9.98. The molecule has 0 spiro atoms. The van der Waals surface area contributed by atoms with Crippen LogP contribution in [0.2, 0.25) is 0 Å². The number of pyridine rings is 1. The lowest BCUT2D eigenvalue weighted by molar-refractivity contribution is 0.612. The zero-order valence-electron chi connectivity index (χ0n) is 9.66. The maximum absolute atomic E-state index is 5.19. The lowest BCUT2D eigenvalue weighted by Crippen LogP contribution is -1.71. The molecule has 2 aromatic rings. The first kappa shape index (κ1) is 12.7. The molecule has 0 bridgehead atoms. The Bertz CT molecular complexity index is 352. The number of furan rings is 1. The van der Waals surface area contributed by atoms with Crippen LogP contribution in [0.15, 0.2) is 29.0 Å². The van der Waals surface area contributed by atoms with E-state index in [4.69, 9.17) is 4.42 Å². The van der Waals surface area contributed by atoms with Crippen molar-refractivity contribution in [1.82, 2.24) is 4.98 Å². The van der Waals surface area contributed by atoms with Crippen LogP contribution in [-0.2, 0) is 0 Å². The lowest BCUT2D eigenvalue weighted by atomic mass is 10.3. The number of hydrogen-bond donors (Lipinski definition) is 0. The van der Waals surface area contributed by atoms with Gasteiger partial charge in [0.25, 0.3) is 0 Å². The Hall–Kier alpha value is -1.31. The van der Waals surface area contributed by atoms with E-state index in [-0.39, 0.29) is 0 Å². The van der Waals surface area contributed by atoms with Crippen molar-refractivity contribution in [2.75, 3.05) is 0 Å². The van der Waals surface area contributed by atoms with E-state index >= 15 is 0 Å². The summed E-state index contributed by atoms with van der Waals surface area (Å²) >= 11 is 0. The highest BCUT2D eigenvalue weighted by atomic mass is 16.3. The highest BCUT2D eigenvalue weighted by Gasteiger charge is 1.98. The monoisotopic (exact) mass is 193 g/mol. The molecule has 0 saturated heterocycles. The second-order valence-corrected chi connectivity index (χ2v) is 2.27. The summed E-state index contributed by atoms with van der Waals surface area (Å²) in [5.74, 6) is 0. The van der Waals surface area contributed by atoms with Crippen molar-refractivity contribution in [3.05, 3.63) is 30.2 Å². The van der Waals surface area contributed by atoms with Gasteiger partial charge in [-0.25, -0.2) is 0 Å². The van der Waals surface area contributed by atoms with Gasteiger partial charge in [0.2, 0.25) is 0 Å². The van der Waals surface area contributed by atoms with Gasteiger partial charge >= 0.3 is 0 Å². The van der Waals surface area contributed by atoms with Crippen LogP contribution in [0.4, 0.5) is 0 Å². The Morgan fingerprint density at radius 2 is 1.79 bits per heavy atom. The molecule has 0 atom stereocenters. The molecule has 2 rings (SSSR count). The normalized spacial score (nSPS) is 8.36. The first-order chi connectivity index (χ1) is 6.88. The third kappa shape index (κ3) is 2.87. The smallest absolute Gasteiger partial charge is 0.152 e. The van der Waals surface area contributed by atoms with Crippen LogP contribution in [-0.4, -0.2) is 4.98 Å². The third-order valence-corrected chi connectivity index (χ3v) is 1.51. The maximum Gasteiger partial charge on any atom is 0.152 e. The Kier molecular flexibility index (Phi) is 6.46. The summed E-state index contributed by atoms with van der Waals surface area (Å²) in [6, 6.07) is 3.78. The minimum absolute atomic E-state index is 0.861. The number of nitrogens with zero attached hydrogens (tertiary/aromatic N) is 1. The van der Waals surface area contributed by atoms with Crippen molar-refractivity contribution in [3.8, 4) is 0 Å². The van der Waals surface area contributed by atoms with Crippen molar-refractivity contribution in [1.29, 1.82) is 0 Å². The van der Waals surface area contributed by atoms with E-state index < -0.39 is 0 Å². The minimum atomic E-state index is 0.861. The van der Waals surface area contributed by atoms with Crippen LogP contribution in [0.25, 0.3) is 11.1 Å². The van der Waals surface area contributed by atoms with E-state index in [2.05, 4.69) is 4.98 Å². The van der Waals surface area contributed by atoms with Crippen molar-refractivity contribution in [2.45, 2.75) is 34.6 Å². The zero-order chi connectivity index (χ0) is 11.0. The molecule has 0 amide bonds. The molecule has 0 fully saturated rings. The van der Waals surface area contributed by atoms with E-state index in [1.54, 1.807) is 12.5 Å². The predicted molar refractivity (Wildman–Crippen MR) is 61.4 cm³/mol. The predicted octanol–water partition coefficient (Wildman–Crippen LogP) is 4.19. The summed E-state index contributed by atoms with van der Waals surface area (Å²) < 4.78 is 5.19. The van der Waals surface area contributed by atoms with Gasteiger partial charge in [0.1, 0.15) is 5.52 Å². The first-order valence-corrected chi connectivity index (χ1v) is 5.17. The van der Waals surface area contributed by atoms with Gasteiger partial charge in [0.05, 0.1) is 6.26 Å². The average molecular weight is 193 g/mol. The SMILES string of the molecule is CC.CC.Cc1coc2cccnc12. The highest BCUT2D eigenvalue weighted by Crippen LogP contribution is 2.15. The van der Waals surface area contributed by atoms with E-state index in [1.165, 1.54) is 0 Å². The Morgan fingerprint density at radius 1 is 1.14 bits per heavy atom. The molecule has 2 aromatic heterocycles. The quantitative estimate of drug-likeness (QED) is 0.627. The van der Waals surface area contributed by atoms with Crippen LogP contribution < -0.4 is 0 Å². The molecular formula is C12H19NO. The van der Waals surface area contributed by atoms with Crippen molar-refractivity contribution in [2.24, 2.45) is 0 Å². The van der Waals surface area contributed by atoms with E-state index in [1.807, 2.05) is 46.8 Å². The van der Waals surface area contributed by atoms with Crippen molar-refractivity contribution in [3.63, 3.8) is 0 Å². The van der Waals surface area contributed by atoms with E-state index in [0.29, 0.717) is 0 Å². The summed E-state index contributed by atoms with van der Waals surface area (Å²) in [4.78, 5) is 4.15. The zero-order valence-corrected chi connectivity index (χ0v) is 9.66. The molecule has 0 aliphatic rings. The Labute approximate surface area is 86.0 Å². The van der Waals surface area contributed by atoms with Crippen LogP contribution in [0, 0.1) is 6.92 Å². The van der Waals surface area contributed by atoms with Crippen LogP contribution in [0.3, 0.4) is 0 Å². The highest BCUT2D eigenvalue weighted by molar-refractivity contribution is 5.75. The van der Waals surface area contributed by atoms with Crippen molar-refractivity contribution >= 4 is 11.1 Å². The number of aromatic nitrogens is 1. The van der Waals surface area contributed by atoms with E-state index in [9.17, 15) is 0 Å². The molecule has 0 N–H and O–H groups in total. The van der Waals surface area contributed by atoms with Crippen LogP contribution in [0.1, 0.15) is 33.3 Å². The molecule has 0 aliphatic carbocycles. The summed E-state index contributed by atoms with van der Waals surface area (Å²) in [5.41, 5.74) is 2.91. The van der Waals surface area contributed by atoms with Crippen LogP contribution in [0.5, 0.6) is 0 Å². The Balaban J connectivity index is 0.000000379. The van der Waals surface area contributed by atoms with Gasteiger partial charge in [0, 0.05) is 11.8 Å². The second-order valence-electron chi connectivity index (χ2n) is 2.27. The fraction of sp³-hybridized carbons (Fsp3) is 0.417. The van der Waals surface area contributed by atoms with Gasteiger partial charge in [0.15, 0.2) is 5.58 Å².